The number of rotatable bonds is 13. The average molecular weight is 426 g/mol. The van der Waals surface area contributed by atoms with Crippen molar-refractivity contribution in [3.05, 3.63) is 12.7 Å². The van der Waals surface area contributed by atoms with Crippen molar-refractivity contribution in [2.24, 2.45) is 0 Å². The maximum atomic E-state index is 10.2. The molecule has 2 N–H and O–H groups in total. The first-order valence-corrected chi connectivity index (χ1v) is 9.22. The van der Waals surface area contributed by atoms with Gasteiger partial charge in [-0.05, 0) is 19.3 Å². The fourth-order valence-electron chi connectivity index (χ4n) is 1.73. The first-order chi connectivity index (χ1) is 11.5. The van der Waals surface area contributed by atoms with Gasteiger partial charge in [0.15, 0.2) is 0 Å². The van der Waals surface area contributed by atoms with E-state index in [0.717, 1.165) is 19.3 Å². The van der Waals surface area contributed by atoms with Gasteiger partial charge in [-0.15, -0.1) is 6.58 Å². The summed E-state index contributed by atoms with van der Waals surface area (Å²) in [6, 6.07) is 0. The molecule has 0 aliphatic carbocycles. The summed E-state index contributed by atoms with van der Waals surface area (Å²) in [5.41, 5.74) is 0. The maximum absolute atomic E-state index is 10.2. The predicted octanol–water partition coefficient (Wildman–Crippen LogP) is -6.48. The third-order valence-electron chi connectivity index (χ3n) is 3.02. The summed E-state index contributed by atoms with van der Waals surface area (Å²) in [6.07, 6.45) is 8.81. The second-order valence-electron chi connectivity index (χ2n) is 5.24. The third-order valence-corrected chi connectivity index (χ3v) is 4.10. The van der Waals surface area contributed by atoms with Gasteiger partial charge in [0, 0.05) is 18.8 Å². The number of hydrogen-bond acceptors (Lipinski definition) is 7. The summed E-state index contributed by atoms with van der Waals surface area (Å²) in [5, 5.41) is 25.6. The van der Waals surface area contributed by atoms with E-state index >= 15 is 0 Å². The monoisotopic (exact) mass is 426 g/mol. The second kappa shape index (κ2) is 20.8. The minimum absolute atomic E-state index is 0. The standard InChI is InChI=1S/C11H20O2.C4H6O7S.2Na/c1-2-3-4-5-6-7-8-9-10-11(12)13;5-3(6)1-2(4(7)8)12(9,10)11;;/h2H,1,3-10H2,(H,12,13);2H,1H2,(H,5,6)(H,7,8)(H,9,10,11);;/q;;2*+1/p-2. The van der Waals surface area contributed by atoms with Gasteiger partial charge in [-0.3, -0.25) is 9.35 Å². The molecule has 1 unspecified atom stereocenters. The van der Waals surface area contributed by atoms with E-state index in [-0.39, 0.29) is 59.1 Å². The SMILES string of the molecule is C=CCCCCCCCCC(=O)O.O=C([O-])CC(C(=O)[O-])S(=O)(=O)O.[Na+].[Na+]. The largest absolute Gasteiger partial charge is 1.00 e. The maximum Gasteiger partial charge on any atom is 1.00 e. The molecule has 0 fully saturated rings. The molecule has 146 valence electrons. The smallest absolute Gasteiger partial charge is 0.550 e. The number of hydrogen-bond donors (Lipinski definition) is 2. The Labute approximate surface area is 203 Å². The van der Waals surface area contributed by atoms with Gasteiger partial charge in [-0.1, -0.05) is 31.8 Å². The first kappa shape index (κ1) is 34.6. The summed E-state index contributed by atoms with van der Waals surface area (Å²) in [7, 11) is -4.94. The second-order valence-corrected chi connectivity index (χ2v) is 6.84. The van der Waals surface area contributed by atoms with Crippen LogP contribution < -0.4 is 69.3 Å². The summed E-state index contributed by atoms with van der Waals surface area (Å²) >= 11 is 0. The molecule has 0 amide bonds. The zero-order chi connectivity index (χ0) is 19.9. The molecule has 0 aliphatic rings. The van der Waals surface area contributed by atoms with Gasteiger partial charge in [0.25, 0.3) is 10.1 Å². The number of carboxylic acids is 3. The molecular formula is C15H24Na2O9S. The van der Waals surface area contributed by atoms with Crippen LogP contribution in [0.5, 0.6) is 0 Å². The molecule has 1 atom stereocenters. The number of carbonyl (C=O) groups excluding carboxylic acids is 2. The number of allylic oxidation sites excluding steroid dienone is 1. The molecule has 27 heavy (non-hydrogen) atoms. The zero-order valence-electron chi connectivity index (χ0n) is 15.9. The Morgan fingerprint density at radius 2 is 1.41 bits per heavy atom. The van der Waals surface area contributed by atoms with Crippen molar-refractivity contribution < 1.29 is 102 Å². The Morgan fingerprint density at radius 1 is 0.963 bits per heavy atom. The molecule has 0 rings (SSSR count). The molecule has 0 heterocycles. The number of unbranched alkanes of at least 4 members (excludes halogenated alkanes) is 6. The predicted molar refractivity (Wildman–Crippen MR) is 84.7 cm³/mol. The van der Waals surface area contributed by atoms with Crippen LogP contribution in [0.25, 0.3) is 0 Å². The van der Waals surface area contributed by atoms with E-state index in [1.165, 1.54) is 25.7 Å². The van der Waals surface area contributed by atoms with Crippen LogP contribution in [0.15, 0.2) is 12.7 Å². The number of carbonyl (C=O) groups is 3. The van der Waals surface area contributed by atoms with Gasteiger partial charge >= 0.3 is 65.1 Å². The molecule has 0 aromatic heterocycles. The summed E-state index contributed by atoms with van der Waals surface area (Å²) in [6.45, 7) is 3.66. The quantitative estimate of drug-likeness (QED) is 0.126. The molecule has 0 saturated heterocycles. The topological polar surface area (TPSA) is 172 Å². The van der Waals surface area contributed by atoms with Crippen LogP contribution in [0.1, 0.15) is 57.8 Å². The van der Waals surface area contributed by atoms with Crippen molar-refractivity contribution in [3.8, 4) is 0 Å². The van der Waals surface area contributed by atoms with Gasteiger partial charge in [-0.2, -0.15) is 8.42 Å². The van der Waals surface area contributed by atoms with Gasteiger partial charge in [-0.25, -0.2) is 0 Å². The van der Waals surface area contributed by atoms with E-state index in [1.807, 2.05) is 6.08 Å². The van der Waals surface area contributed by atoms with Gasteiger partial charge < -0.3 is 24.9 Å². The van der Waals surface area contributed by atoms with Crippen LogP contribution >= 0.6 is 0 Å². The van der Waals surface area contributed by atoms with E-state index in [9.17, 15) is 33.0 Å². The fraction of sp³-hybridized carbons (Fsp3) is 0.667. The summed E-state index contributed by atoms with van der Waals surface area (Å²) in [4.78, 5) is 29.9. The van der Waals surface area contributed by atoms with Crippen LogP contribution in [-0.2, 0) is 24.5 Å². The Morgan fingerprint density at radius 3 is 1.70 bits per heavy atom. The molecule has 0 aromatic rings. The Kier molecular flexibility index (Phi) is 26.6. The van der Waals surface area contributed by atoms with Crippen molar-refractivity contribution in [3.63, 3.8) is 0 Å². The third kappa shape index (κ3) is 26.1. The molecule has 0 aromatic carbocycles. The first-order valence-electron chi connectivity index (χ1n) is 7.72. The Balaban J connectivity index is -0.000000183. The van der Waals surface area contributed by atoms with Crippen molar-refractivity contribution >= 4 is 28.0 Å². The Hall–Kier alpha value is 0.0600. The van der Waals surface area contributed by atoms with Gasteiger partial charge in [0.1, 0.15) is 5.25 Å². The average Bonchev–Trinajstić information content (AvgIpc) is 2.46. The summed E-state index contributed by atoms with van der Waals surface area (Å²) < 4.78 is 28.5. The van der Waals surface area contributed by atoms with E-state index in [0.29, 0.717) is 6.42 Å². The van der Waals surface area contributed by atoms with E-state index in [1.54, 1.807) is 0 Å². The van der Waals surface area contributed by atoms with E-state index < -0.39 is 39.7 Å². The van der Waals surface area contributed by atoms with Crippen molar-refractivity contribution in [2.75, 3.05) is 0 Å². The van der Waals surface area contributed by atoms with Gasteiger partial charge in [0.05, 0.1) is 5.97 Å². The minimum Gasteiger partial charge on any atom is -0.550 e. The van der Waals surface area contributed by atoms with Crippen LogP contribution in [0, 0.1) is 0 Å². The van der Waals surface area contributed by atoms with Crippen LogP contribution in [0.3, 0.4) is 0 Å². The summed E-state index contributed by atoms with van der Waals surface area (Å²) in [5.74, 6) is -4.75. The fourth-order valence-corrected chi connectivity index (χ4v) is 2.32. The van der Waals surface area contributed by atoms with E-state index in [2.05, 4.69) is 6.58 Å². The molecule has 12 heteroatoms. The molecule has 9 nitrogen and oxygen atoms in total. The zero-order valence-corrected chi connectivity index (χ0v) is 20.7. The van der Waals surface area contributed by atoms with Crippen LogP contribution in [0.2, 0.25) is 0 Å². The Bertz CT molecular complexity index is 535. The molecule has 0 bridgehead atoms. The van der Waals surface area contributed by atoms with Crippen molar-refractivity contribution in [1.82, 2.24) is 0 Å². The molecule has 0 aliphatic heterocycles. The molecule has 0 spiro atoms. The van der Waals surface area contributed by atoms with Crippen molar-refractivity contribution in [2.45, 2.75) is 63.0 Å². The van der Waals surface area contributed by atoms with E-state index in [4.69, 9.17) is 9.66 Å². The van der Waals surface area contributed by atoms with Crippen molar-refractivity contribution in [1.29, 1.82) is 0 Å². The van der Waals surface area contributed by atoms with Gasteiger partial charge in [0.2, 0.25) is 0 Å². The van der Waals surface area contributed by atoms with Crippen LogP contribution in [0.4, 0.5) is 0 Å². The van der Waals surface area contributed by atoms with Crippen LogP contribution in [-0.4, -0.2) is 41.2 Å². The molecular weight excluding hydrogens is 402 g/mol. The number of aliphatic carboxylic acids is 3. The molecule has 0 saturated carbocycles. The normalized spacial score (nSPS) is 10.9. The minimum atomic E-state index is -4.94. The number of carboxylic acid groups (broad SMARTS) is 3. The molecule has 0 radical (unpaired) electrons.